The van der Waals surface area contributed by atoms with Crippen molar-refractivity contribution in [1.29, 1.82) is 0 Å². The topological polar surface area (TPSA) is 46.4 Å². The van der Waals surface area contributed by atoms with Crippen LogP contribution in [0.15, 0.2) is 42.6 Å². The van der Waals surface area contributed by atoms with Crippen LogP contribution in [0.25, 0.3) is 16.9 Å². The summed E-state index contributed by atoms with van der Waals surface area (Å²) in [5, 5.41) is 2.76. The molecule has 0 unspecified atom stereocenters. The Morgan fingerprint density at radius 3 is 2.76 bits per heavy atom. The fraction of sp³-hybridized carbons (Fsp3) is 0.222. The van der Waals surface area contributed by atoms with E-state index in [4.69, 9.17) is 11.6 Å². The highest BCUT2D eigenvalue weighted by molar-refractivity contribution is 6.20. The number of alkyl halides is 1. The van der Waals surface area contributed by atoms with Gasteiger partial charge >= 0.3 is 0 Å². The number of aromatic nitrogens is 2. The molecule has 1 aromatic carbocycles. The molecule has 1 amide bonds. The minimum absolute atomic E-state index is 0.0253. The summed E-state index contributed by atoms with van der Waals surface area (Å²) in [6, 6.07) is 8.35. The van der Waals surface area contributed by atoms with Gasteiger partial charge in [-0.25, -0.2) is 13.8 Å². The monoisotopic (exact) mass is 363 g/mol. The summed E-state index contributed by atoms with van der Waals surface area (Å²) in [7, 11) is 0. The summed E-state index contributed by atoms with van der Waals surface area (Å²) in [6.07, 6.45) is 1.69. The van der Waals surface area contributed by atoms with Crippen LogP contribution < -0.4 is 5.32 Å². The van der Waals surface area contributed by atoms with Crippen LogP contribution in [0.3, 0.4) is 0 Å². The molecule has 2 heterocycles. The Labute approximate surface area is 148 Å². The third-order valence-corrected chi connectivity index (χ3v) is 4.56. The Morgan fingerprint density at radius 2 is 2.04 bits per heavy atom. The predicted molar refractivity (Wildman–Crippen MR) is 93.7 cm³/mol. The van der Waals surface area contributed by atoms with E-state index in [0.29, 0.717) is 5.65 Å². The van der Waals surface area contributed by atoms with E-state index in [-0.39, 0.29) is 28.9 Å². The second-order valence-corrected chi connectivity index (χ2v) is 6.60. The summed E-state index contributed by atoms with van der Waals surface area (Å²) in [4.78, 5) is 16.9. The van der Waals surface area contributed by atoms with E-state index in [1.165, 1.54) is 0 Å². The van der Waals surface area contributed by atoms with Crippen LogP contribution in [0.4, 0.5) is 14.6 Å². The fourth-order valence-corrected chi connectivity index (χ4v) is 2.44. The maximum atomic E-state index is 14.3. The second kappa shape index (κ2) is 6.44. The molecular weight excluding hydrogens is 348 g/mol. The minimum Gasteiger partial charge on any atom is -0.309 e. The van der Waals surface area contributed by atoms with Crippen molar-refractivity contribution in [3.8, 4) is 11.3 Å². The van der Waals surface area contributed by atoms with Gasteiger partial charge in [0.15, 0.2) is 0 Å². The number of rotatable bonds is 4. The molecule has 1 N–H and O–H groups in total. The van der Waals surface area contributed by atoms with Crippen molar-refractivity contribution in [1.82, 2.24) is 9.38 Å². The zero-order valence-corrected chi connectivity index (χ0v) is 14.4. The average molecular weight is 364 g/mol. The predicted octanol–water partition coefficient (Wildman–Crippen LogP) is 4.48. The highest BCUT2D eigenvalue weighted by Crippen LogP contribution is 2.32. The number of nitrogens with one attached hydrogen (secondary N) is 1. The van der Waals surface area contributed by atoms with E-state index in [1.807, 2.05) is 0 Å². The average Bonchev–Trinajstić information content (AvgIpc) is 2.95. The van der Waals surface area contributed by atoms with Crippen molar-refractivity contribution in [2.45, 2.75) is 13.8 Å². The van der Waals surface area contributed by atoms with Crippen LogP contribution >= 0.6 is 11.6 Å². The van der Waals surface area contributed by atoms with E-state index in [1.54, 1.807) is 42.6 Å². The van der Waals surface area contributed by atoms with Crippen LogP contribution in [0.2, 0.25) is 0 Å². The van der Waals surface area contributed by atoms with Gasteiger partial charge in [0.05, 0.1) is 5.41 Å². The Balaban J connectivity index is 2.19. The van der Waals surface area contributed by atoms with Gasteiger partial charge in [-0.15, -0.1) is 11.6 Å². The van der Waals surface area contributed by atoms with Gasteiger partial charge < -0.3 is 5.32 Å². The lowest BCUT2D eigenvalue weighted by molar-refractivity contribution is -0.123. The van der Waals surface area contributed by atoms with Crippen molar-refractivity contribution < 1.29 is 13.6 Å². The molecule has 0 saturated carbocycles. The number of nitrogens with zero attached hydrogens (tertiary/aromatic N) is 2. The van der Waals surface area contributed by atoms with Gasteiger partial charge in [-0.3, -0.25) is 9.20 Å². The summed E-state index contributed by atoms with van der Waals surface area (Å²) >= 11 is 5.86. The molecule has 0 aliphatic carbocycles. The Morgan fingerprint density at radius 1 is 1.28 bits per heavy atom. The number of pyridine rings is 1. The molecule has 0 saturated heterocycles. The van der Waals surface area contributed by atoms with Crippen LogP contribution in [0, 0.1) is 17.0 Å². The molecule has 0 aliphatic rings. The number of carbonyl (C=O) groups is 1. The number of fused-ring (bicyclic) bond motifs is 1. The van der Waals surface area contributed by atoms with Gasteiger partial charge in [-0.05, 0) is 44.2 Å². The van der Waals surface area contributed by atoms with Crippen LogP contribution in [-0.4, -0.2) is 21.2 Å². The molecule has 130 valence electrons. The van der Waals surface area contributed by atoms with E-state index in [0.717, 1.165) is 18.2 Å². The normalized spacial score (nSPS) is 11.7. The Kier molecular flexibility index (Phi) is 4.47. The zero-order valence-electron chi connectivity index (χ0n) is 13.7. The van der Waals surface area contributed by atoms with Gasteiger partial charge in [0.2, 0.25) is 5.91 Å². The molecular formula is C18H16ClF2N3O. The first-order valence-corrected chi connectivity index (χ1v) is 8.17. The highest BCUT2D eigenvalue weighted by atomic mass is 35.5. The SMILES string of the molecule is CC(C)(CCl)C(=O)Nc1c(-c2cc(F)ccc2F)nc2ccccn12. The smallest absolute Gasteiger partial charge is 0.232 e. The van der Waals surface area contributed by atoms with Crippen molar-refractivity contribution in [2.24, 2.45) is 5.41 Å². The molecule has 25 heavy (non-hydrogen) atoms. The first-order chi connectivity index (χ1) is 11.8. The van der Waals surface area contributed by atoms with Crippen molar-refractivity contribution in [3.63, 3.8) is 0 Å². The molecule has 3 rings (SSSR count). The van der Waals surface area contributed by atoms with Gasteiger partial charge in [-0.1, -0.05) is 6.07 Å². The number of halogens is 3. The van der Waals surface area contributed by atoms with Crippen molar-refractivity contribution in [2.75, 3.05) is 11.2 Å². The maximum Gasteiger partial charge on any atom is 0.232 e. The number of imidazole rings is 1. The summed E-state index contributed by atoms with van der Waals surface area (Å²) in [6.45, 7) is 3.39. The van der Waals surface area contributed by atoms with Crippen molar-refractivity contribution >= 4 is 29.0 Å². The van der Waals surface area contributed by atoms with E-state index in [9.17, 15) is 13.6 Å². The van der Waals surface area contributed by atoms with E-state index < -0.39 is 17.0 Å². The third-order valence-electron chi connectivity index (χ3n) is 3.89. The number of anilines is 1. The largest absolute Gasteiger partial charge is 0.309 e. The van der Waals surface area contributed by atoms with Crippen LogP contribution in [0.1, 0.15) is 13.8 Å². The summed E-state index contributed by atoms with van der Waals surface area (Å²) in [5.41, 5.74) is -0.206. The lowest BCUT2D eigenvalue weighted by Crippen LogP contribution is -2.32. The fourth-order valence-electron chi connectivity index (χ4n) is 2.32. The summed E-state index contributed by atoms with van der Waals surface area (Å²) < 4.78 is 29.5. The van der Waals surface area contributed by atoms with Gasteiger partial charge in [-0.2, -0.15) is 0 Å². The lowest BCUT2D eigenvalue weighted by atomic mass is 9.95. The molecule has 0 aliphatic heterocycles. The maximum absolute atomic E-state index is 14.3. The molecule has 0 bridgehead atoms. The Bertz CT molecular complexity index is 953. The first kappa shape index (κ1) is 17.4. The quantitative estimate of drug-likeness (QED) is 0.694. The molecule has 0 radical (unpaired) electrons. The minimum atomic E-state index is -0.835. The van der Waals surface area contributed by atoms with E-state index in [2.05, 4.69) is 10.3 Å². The van der Waals surface area contributed by atoms with Gasteiger partial charge in [0, 0.05) is 17.6 Å². The van der Waals surface area contributed by atoms with Crippen LogP contribution in [0.5, 0.6) is 0 Å². The number of benzene rings is 1. The highest BCUT2D eigenvalue weighted by Gasteiger charge is 2.29. The molecule has 3 aromatic rings. The van der Waals surface area contributed by atoms with Crippen LogP contribution in [-0.2, 0) is 4.79 Å². The standard InChI is InChI=1S/C18H16ClF2N3O/c1-18(2,10-19)17(25)23-16-15(12-9-11(20)6-7-13(12)21)22-14-5-3-4-8-24(14)16/h3-9H,10H2,1-2H3,(H,23,25). The first-order valence-electron chi connectivity index (χ1n) is 7.63. The summed E-state index contributed by atoms with van der Waals surface area (Å²) in [5.74, 6) is -1.18. The number of carbonyl (C=O) groups excluding carboxylic acids is 1. The van der Waals surface area contributed by atoms with Gasteiger partial charge in [0.1, 0.15) is 28.8 Å². The molecule has 0 atom stereocenters. The molecule has 0 spiro atoms. The lowest BCUT2D eigenvalue weighted by Gasteiger charge is -2.20. The van der Waals surface area contributed by atoms with Crippen molar-refractivity contribution in [3.05, 3.63) is 54.2 Å². The number of hydrogen-bond donors (Lipinski definition) is 1. The molecule has 7 heteroatoms. The number of hydrogen-bond acceptors (Lipinski definition) is 2. The second-order valence-electron chi connectivity index (χ2n) is 6.33. The Hall–Kier alpha value is -2.47. The molecule has 4 nitrogen and oxygen atoms in total. The zero-order chi connectivity index (χ0) is 18.2. The molecule has 0 fully saturated rings. The number of amides is 1. The third kappa shape index (κ3) is 3.22. The van der Waals surface area contributed by atoms with Gasteiger partial charge in [0.25, 0.3) is 0 Å². The molecule has 2 aromatic heterocycles. The van der Waals surface area contributed by atoms with E-state index >= 15 is 0 Å².